The van der Waals surface area contributed by atoms with Crippen LogP contribution in [-0.2, 0) is 6.42 Å². The van der Waals surface area contributed by atoms with Gasteiger partial charge in [0.05, 0.1) is 0 Å². The van der Waals surface area contributed by atoms with E-state index in [9.17, 15) is 0 Å². The van der Waals surface area contributed by atoms with E-state index in [1.807, 2.05) is 0 Å². The van der Waals surface area contributed by atoms with Crippen LogP contribution in [-0.4, -0.2) is 31.6 Å². The number of hydrogen-bond acceptors (Lipinski definition) is 2. The molecule has 0 aromatic heterocycles. The maximum Gasteiger partial charge on any atom is 0.0316 e. The number of nitrogens with one attached hydrogen (secondary N) is 1. The second-order valence-electron chi connectivity index (χ2n) is 6.30. The summed E-state index contributed by atoms with van der Waals surface area (Å²) in [4.78, 5) is 2.52. The first-order valence-electron chi connectivity index (χ1n) is 8.20. The van der Waals surface area contributed by atoms with E-state index in [1.54, 1.807) is 0 Å². The lowest BCUT2D eigenvalue weighted by Crippen LogP contribution is -2.35. The van der Waals surface area contributed by atoms with Crippen molar-refractivity contribution < 1.29 is 0 Å². The molecule has 1 aromatic rings. The van der Waals surface area contributed by atoms with Gasteiger partial charge in [-0.3, -0.25) is 4.90 Å². The lowest BCUT2D eigenvalue weighted by Gasteiger charge is -2.31. The highest BCUT2D eigenvalue weighted by Gasteiger charge is 2.18. The summed E-state index contributed by atoms with van der Waals surface area (Å²) in [6, 6.07) is 9.74. The van der Waals surface area contributed by atoms with Crippen molar-refractivity contribution in [3.63, 3.8) is 0 Å². The first-order valence-corrected chi connectivity index (χ1v) is 8.20. The molecular weight excluding hydrogens is 244 g/mol. The van der Waals surface area contributed by atoms with Crippen LogP contribution >= 0.6 is 0 Å². The molecular formula is C18H30N2. The third-order valence-corrected chi connectivity index (χ3v) is 4.67. The Morgan fingerprint density at radius 3 is 2.45 bits per heavy atom. The van der Waals surface area contributed by atoms with Gasteiger partial charge < -0.3 is 5.32 Å². The van der Waals surface area contributed by atoms with Crippen molar-refractivity contribution in [1.82, 2.24) is 10.2 Å². The summed E-state index contributed by atoms with van der Waals surface area (Å²) in [5.74, 6) is 0.864. The van der Waals surface area contributed by atoms with Crippen LogP contribution in [0.15, 0.2) is 24.3 Å². The van der Waals surface area contributed by atoms with Crippen molar-refractivity contribution in [3.8, 4) is 0 Å². The first kappa shape index (κ1) is 15.5. The molecule has 0 amide bonds. The highest BCUT2D eigenvalue weighted by molar-refractivity contribution is 5.24. The molecule has 1 aliphatic heterocycles. The summed E-state index contributed by atoms with van der Waals surface area (Å²) >= 11 is 0. The predicted octanol–water partition coefficient (Wildman–Crippen LogP) is 3.63. The topological polar surface area (TPSA) is 15.3 Å². The predicted molar refractivity (Wildman–Crippen MR) is 87.1 cm³/mol. The van der Waals surface area contributed by atoms with E-state index in [1.165, 1.54) is 56.4 Å². The van der Waals surface area contributed by atoms with E-state index < -0.39 is 0 Å². The van der Waals surface area contributed by atoms with Crippen LogP contribution in [0.2, 0.25) is 0 Å². The number of piperidine rings is 1. The van der Waals surface area contributed by atoms with Gasteiger partial charge in [0.2, 0.25) is 0 Å². The number of benzene rings is 1. The summed E-state index contributed by atoms with van der Waals surface area (Å²) < 4.78 is 0. The molecule has 20 heavy (non-hydrogen) atoms. The van der Waals surface area contributed by atoms with Gasteiger partial charge in [-0.05, 0) is 63.4 Å². The average molecular weight is 274 g/mol. The lowest BCUT2D eigenvalue weighted by atomic mass is 9.96. The maximum absolute atomic E-state index is 3.45. The van der Waals surface area contributed by atoms with E-state index in [-0.39, 0.29) is 0 Å². The fourth-order valence-corrected chi connectivity index (χ4v) is 3.14. The van der Waals surface area contributed by atoms with Gasteiger partial charge in [0.25, 0.3) is 0 Å². The molecule has 112 valence electrons. The highest BCUT2D eigenvalue weighted by atomic mass is 15.1. The van der Waals surface area contributed by atoms with Crippen molar-refractivity contribution in [1.29, 1.82) is 0 Å². The zero-order valence-corrected chi connectivity index (χ0v) is 13.4. The first-order chi connectivity index (χ1) is 9.70. The van der Waals surface area contributed by atoms with Gasteiger partial charge in [-0.25, -0.2) is 0 Å². The molecule has 2 nitrogen and oxygen atoms in total. The van der Waals surface area contributed by atoms with Gasteiger partial charge in [-0.1, -0.05) is 37.6 Å². The summed E-state index contributed by atoms with van der Waals surface area (Å²) in [6.45, 7) is 8.18. The molecule has 1 aliphatic rings. The van der Waals surface area contributed by atoms with Gasteiger partial charge >= 0.3 is 0 Å². The van der Waals surface area contributed by atoms with Crippen molar-refractivity contribution in [2.24, 2.45) is 5.92 Å². The molecule has 0 radical (unpaired) electrons. The summed E-state index contributed by atoms with van der Waals surface area (Å²) in [6.07, 6.45) is 5.07. The van der Waals surface area contributed by atoms with E-state index in [2.05, 4.69) is 55.4 Å². The Bertz CT molecular complexity index is 379. The molecule has 1 aromatic carbocycles. The zero-order valence-electron chi connectivity index (χ0n) is 13.4. The molecule has 2 heteroatoms. The van der Waals surface area contributed by atoms with Gasteiger partial charge in [0.15, 0.2) is 0 Å². The summed E-state index contributed by atoms with van der Waals surface area (Å²) in [5, 5.41) is 3.45. The molecule has 0 aliphatic carbocycles. The van der Waals surface area contributed by atoms with Crippen molar-refractivity contribution in [3.05, 3.63) is 35.4 Å². The highest BCUT2D eigenvalue weighted by Crippen LogP contribution is 2.22. The lowest BCUT2D eigenvalue weighted by molar-refractivity contribution is 0.196. The normalized spacial score (nSPS) is 18.4. The molecule has 1 saturated heterocycles. The minimum atomic E-state index is 0.514. The monoisotopic (exact) mass is 274 g/mol. The Labute approximate surface area is 124 Å². The van der Waals surface area contributed by atoms with Gasteiger partial charge in [0, 0.05) is 12.6 Å². The van der Waals surface area contributed by atoms with Gasteiger partial charge in [0.1, 0.15) is 0 Å². The largest absolute Gasteiger partial charge is 0.317 e. The molecule has 0 bridgehead atoms. The van der Waals surface area contributed by atoms with Crippen molar-refractivity contribution in [2.75, 3.05) is 26.7 Å². The van der Waals surface area contributed by atoms with Crippen LogP contribution in [0.1, 0.15) is 50.3 Å². The standard InChI is InChI=1S/C18H30N2/c1-4-5-16-6-8-18(9-7-16)15(2)20(3)14-17-10-12-19-13-11-17/h6-9,15,17,19H,4-5,10-14H2,1-3H3. The Balaban J connectivity index is 1.89. The van der Waals surface area contributed by atoms with Crippen LogP contribution < -0.4 is 5.32 Å². The van der Waals surface area contributed by atoms with Gasteiger partial charge in [-0.2, -0.15) is 0 Å². The SMILES string of the molecule is CCCc1ccc(C(C)N(C)CC2CCNCC2)cc1. The average Bonchev–Trinajstić information content (AvgIpc) is 2.48. The molecule has 2 rings (SSSR count). The van der Waals surface area contributed by atoms with Crippen LogP contribution in [0.25, 0.3) is 0 Å². The van der Waals surface area contributed by atoms with E-state index >= 15 is 0 Å². The zero-order chi connectivity index (χ0) is 14.4. The van der Waals surface area contributed by atoms with Crippen LogP contribution in [0.3, 0.4) is 0 Å². The molecule has 1 fully saturated rings. The second-order valence-corrected chi connectivity index (χ2v) is 6.30. The number of hydrogen-bond donors (Lipinski definition) is 1. The van der Waals surface area contributed by atoms with Crippen molar-refractivity contribution >= 4 is 0 Å². The fourth-order valence-electron chi connectivity index (χ4n) is 3.14. The molecule has 1 heterocycles. The number of aryl methyl sites for hydroxylation is 1. The van der Waals surface area contributed by atoms with Gasteiger partial charge in [-0.15, -0.1) is 0 Å². The van der Waals surface area contributed by atoms with E-state index in [4.69, 9.17) is 0 Å². The molecule has 0 spiro atoms. The number of nitrogens with zero attached hydrogens (tertiary/aromatic N) is 1. The minimum absolute atomic E-state index is 0.514. The Morgan fingerprint density at radius 2 is 1.85 bits per heavy atom. The Hall–Kier alpha value is -0.860. The van der Waals surface area contributed by atoms with Crippen LogP contribution in [0.4, 0.5) is 0 Å². The Morgan fingerprint density at radius 1 is 1.20 bits per heavy atom. The fraction of sp³-hybridized carbons (Fsp3) is 0.667. The molecule has 0 saturated carbocycles. The third kappa shape index (κ3) is 4.32. The second kappa shape index (κ2) is 7.80. The molecule has 1 unspecified atom stereocenters. The smallest absolute Gasteiger partial charge is 0.0316 e. The summed E-state index contributed by atoms with van der Waals surface area (Å²) in [7, 11) is 2.27. The van der Waals surface area contributed by atoms with E-state index in [0.717, 1.165) is 5.92 Å². The maximum atomic E-state index is 3.45. The summed E-state index contributed by atoms with van der Waals surface area (Å²) in [5.41, 5.74) is 2.91. The quantitative estimate of drug-likeness (QED) is 0.852. The Kier molecular flexibility index (Phi) is 6.06. The van der Waals surface area contributed by atoms with Crippen molar-refractivity contribution in [2.45, 2.75) is 45.6 Å². The third-order valence-electron chi connectivity index (χ3n) is 4.67. The minimum Gasteiger partial charge on any atom is -0.317 e. The van der Waals surface area contributed by atoms with E-state index in [0.29, 0.717) is 6.04 Å². The molecule has 1 atom stereocenters. The van der Waals surface area contributed by atoms with Crippen LogP contribution in [0, 0.1) is 5.92 Å². The molecule has 1 N–H and O–H groups in total. The van der Waals surface area contributed by atoms with Crippen LogP contribution in [0.5, 0.6) is 0 Å². The number of rotatable bonds is 6.